The highest BCUT2D eigenvalue weighted by Gasteiger charge is 2.36. The van der Waals surface area contributed by atoms with E-state index in [2.05, 4.69) is 5.10 Å². The number of aromatic nitrogens is 2. The fourth-order valence-electron chi connectivity index (χ4n) is 3.49. The van der Waals surface area contributed by atoms with Gasteiger partial charge in [0, 0.05) is 23.9 Å². The summed E-state index contributed by atoms with van der Waals surface area (Å²) in [5.41, 5.74) is 0.582. The largest absolute Gasteiger partial charge is 0.454 e. The van der Waals surface area contributed by atoms with Gasteiger partial charge in [0.25, 0.3) is 11.5 Å². The Labute approximate surface area is 174 Å². The summed E-state index contributed by atoms with van der Waals surface area (Å²) in [6.45, 7) is 5.97. The molecule has 2 heterocycles. The first-order valence-corrected chi connectivity index (χ1v) is 9.79. The van der Waals surface area contributed by atoms with Crippen molar-refractivity contribution in [2.45, 2.75) is 26.3 Å². The van der Waals surface area contributed by atoms with Crippen LogP contribution in [0.1, 0.15) is 20.8 Å². The highest BCUT2D eigenvalue weighted by Crippen LogP contribution is 2.35. The van der Waals surface area contributed by atoms with Crippen LogP contribution in [0, 0.1) is 0 Å². The Kier molecular flexibility index (Phi) is 5.03. The third-order valence-electron chi connectivity index (χ3n) is 5.15. The summed E-state index contributed by atoms with van der Waals surface area (Å²) in [6.07, 6.45) is 0. The van der Waals surface area contributed by atoms with Crippen LogP contribution in [0.4, 0.5) is 5.69 Å². The van der Waals surface area contributed by atoms with Crippen LogP contribution in [0.15, 0.2) is 65.5 Å². The molecule has 0 fully saturated rings. The first-order valence-electron chi connectivity index (χ1n) is 9.79. The maximum atomic E-state index is 13.4. The van der Waals surface area contributed by atoms with Crippen molar-refractivity contribution in [3.8, 4) is 22.8 Å². The number of ether oxygens (including phenoxy) is 2. The van der Waals surface area contributed by atoms with Crippen LogP contribution in [0.3, 0.4) is 0 Å². The highest BCUT2D eigenvalue weighted by molar-refractivity contribution is 5.98. The molecule has 0 unspecified atom stereocenters. The van der Waals surface area contributed by atoms with Crippen LogP contribution in [0.25, 0.3) is 11.3 Å². The van der Waals surface area contributed by atoms with E-state index >= 15 is 0 Å². The zero-order valence-corrected chi connectivity index (χ0v) is 17.2. The van der Waals surface area contributed by atoms with E-state index in [9.17, 15) is 9.59 Å². The first kappa shape index (κ1) is 19.7. The van der Waals surface area contributed by atoms with Gasteiger partial charge in [0.15, 0.2) is 11.5 Å². The molecule has 7 heteroatoms. The minimum absolute atomic E-state index is 0.180. The van der Waals surface area contributed by atoms with Crippen LogP contribution in [0.5, 0.6) is 11.5 Å². The highest BCUT2D eigenvalue weighted by atomic mass is 16.7. The molecule has 0 spiro atoms. The zero-order valence-electron chi connectivity index (χ0n) is 17.2. The van der Waals surface area contributed by atoms with E-state index in [1.165, 1.54) is 10.7 Å². The van der Waals surface area contributed by atoms with Gasteiger partial charge in [0.1, 0.15) is 5.54 Å². The molecule has 1 amide bonds. The van der Waals surface area contributed by atoms with Crippen LogP contribution in [0.2, 0.25) is 0 Å². The van der Waals surface area contributed by atoms with Gasteiger partial charge >= 0.3 is 0 Å². The fraction of sp³-hybridized carbons (Fsp3) is 0.261. The van der Waals surface area contributed by atoms with Crippen LogP contribution in [-0.2, 0) is 10.3 Å². The van der Waals surface area contributed by atoms with Gasteiger partial charge in [-0.15, -0.1) is 0 Å². The molecule has 0 radical (unpaired) electrons. The quantitative estimate of drug-likeness (QED) is 0.650. The van der Waals surface area contributed by atoms with E-state index in [4.69, 9.17) is 9.47 Å². The van der Waals surface area contributed by atoms with Crippen LogP contribution >= 0.6 is 0 Å². The number of benzene rings is 2. The number of likely N-dealkylation sites (N-methyl/N-ethyl adjacent to an activating group) is 1. The second-order valence-electron chi connectivity index (χ2n) is 7.48. The lowest BCUT2D eigenvalue weighted by atomic mass is 10.0. The molecule has 0 saturated heterocycles. The normalized spacial score (nSPS) is 12.6. The van der Waals surface area contributed by atoms with Crippen molar-refractivity contribution in [3.05, 3.63) is 71.0 Å². The lowest BCUT2D eigenvalue weighted by molar-refractivity contribution is -0.126. The summed E-state index contributed by atoms with van der Waals surface area (Å²) in [7, 11) is 0. The number of hydrogen-bond acceptors (Lipinski definition) is 5. The van der Waals surface area contributed by atoms with Crippen molar-refractivity contribution in [3.63, 3.8) is 0 Å². The molecular formula is C23H23N3O4. The first-order chi connectivity index (χ1) is 14.4. The van der Waals surface area contributed by atoms with E-state index in [0.29, 0.717) is 23.7 Å². The minimum atomic E-state index is -1.19. The van der Waals surface area contributed by atoms with E-state index < -0.39 is 5.54 Å². The Morgan fingerprint density at radius 2 is 1.80 bits per heavy atom. The Morgan fingerprint density at radius 1 is 1.07 bits per heavy atom. The summed E-state index contributed by atoms with van der Waals surface area (Å²) in [6, 6.07) is 17.9. The molecule has 0 N–H and O–H groups in total. The molecular weight excluding hydrogens is 382 g/mol. The molecule has 2 aromatic carbocycles. The third kappa shape index (κ3) is 3.43. The van der Waals surface area contributed by atoms with Crippen molar-refractivity contribution in [2.24, 2.45) is 0 Å². The number of anilines is 1. The van der Waals surface area contributed by atoms with Gasteiger partial charge in [-0.2, -0.15) is 5.10 Å². The van der Waals surface area contributed by atoms with Gasteiger partial charge in [-0.1, -0.05) is 18.2 Å². The SMILES string of the molecule is CCN(C(=O)C(C)(C)n1nc(-c2ccc3c(c2)OCO3)ccc1=O)c1ccccc1. The molecule has 0 saturated carbocycles. The second-order valence-corrected chi connectivity index (χ2v) is 7.48. The molecule has 1 aliphatic heterocycles. The molecule has 1 aliphatic rings. The van der Waals surface area contributed by atoms with Gasteiger partial charge in [0.05, 0.1) is 5.69 Å². The van der Waals surface area contributed by atoms with E-state index in [0.717, 1.165) is 11.3 Å². The van der Waals surface area contributed by atoms with Crippen molar-refractivity contribution in [2.75, 3.05) is 18.2 Å². The number of fused-ring (bicyclic) bond motifs is 1. The molecule has 0 atom stereocenters. The Bertz CT molecular complexity index is 1140. The van der Waals surface area contributed by atoms with Gasteiger partial charge < -0.3 is 14.4 Å². The standard InChI is InChI=1S/C23H23N3O4/c1-4-25(17-8-6-5-7-9-17)22(28)23(2,3)26-21(27)13-11-18(24-26)16-10-12-19-20(14-16)30-15-29-19/h5-14H,4,15H2,1-3H3. The van der Waals surface area contributed by atoms with Gasteiger partial charge in [-0.3, -0.25) is 9.59 Å². The lowest BCUT2D eigenvalue weighted by Crippen LogP contribution is -2.51. The predicted octanol–water partition coefficient (Wildman–Crippen LogP) is 3.43. The monoisotopic (exact) mass is 405 g/mol. The molecule has 4 rings (SSSR count). The van der Waals surface area contributed by atoms with Crippen molar-refractivity contribution in [1.82, 2.24) is 9.78 Å². The average molecular weight is 405 g/mol. The average Bonchev–Trinajstić information content (AvgIpc) is 3.23. The smallest absolute Gasteiger partial charge is 0.267 e. The number of amides is 1. The van der Waals surface area contributed by atoms with Crippen molar-refractivity contribution in [1.29, 1.82) is 0 Å². The number of nitrogens with zero attached hydrogens (tertiary/aromatic N) is 3. The Morgan fingerprint density at radius 3 is 2.53 bits per heavy atom. The van der Waals surface area contributed by atoms with Crippen molar-refractivity contribution >= 4 is 11.6 Å². The molecule has 30 heavy (non-hydrogen) atoms. The maximum Gasteiger partial charge on any atom is 0.267 e. The van der Waals surface area contributed by atoms with Crippen LogP contribution in [-0.4, -0.2) is 29.0 Å². The summed E-state index contributed by atoms with van der Waals surface area (Å²) in [4.78, 5) is 27.8. The molecule has 0 aliphatic carbocycles. The van der Waals surface area contributed by atoms with Gasteiger partial charge in [0.2, 0.25) is 6.79 Å². The summed E-state index contributed by atoms with van der Waals surface area (Å²) in [5, 5.41) is 4.53. The number of carbonyl (C=O) groups excluding carboxylic acids is 1. The number of para-hydroxylation sites is 1. The maximum absolute atomic E-state index is 13.4. The summed E-state index contributed by atoms with van der Waals surface area (Å²) < 4.78 is 12.0. The second kappa shape index (κ2) is 7.67. The van der Waals surface area contributed by atoms with E-state index in [-0.39, 0.29) is 18.3 Å². The molecule has 154 valence electrons. The number of rotatable bonds is 5. The summed E-state index contributed by atoms with van der Waals surface area (Å²) in [5.74, 6) is 1.08. The molecule has 1 aromatic heterocycles. The predicted molar refractivity (Wildman–Crippen MR) is 114 cm³/mol. The Balaban J connectivity index is 1.73. The molecule has 0 bridgehead atoms. The van der Waals surface area contributed by atoms with Crippen LogP contribution < -0.4 is 19.9 Å². The van der Waals surface area contributed by atoms with E-state index in [1.54, 1.807) is 30.9 Å². The lowest BCUT2D eigenvalue weighted by Gasteiger charge is -2.32. The minimum Gasteiger partial charge on any atom is -0.454 e. The number of hydrogen-bond donors (Lipinski definition) is 0. The number of carbonyl (C=O) groups is 1. The van der Waals surface area contributed by atoms with E-state index in [1.807, 2.05) is 49.4 Å². The summed E-state index contributed by atoms with van der Waals surface area (Å²) >= 11 is 0. The third-order valence-corrected chi connectivity index (χ3v) is 5.15. The topological polar surface area (TPSA) is 73.7 Å². The molecule has 3 aromatic rings. The van der Waals surface area contributed by atoms with Crippen molar-refractivity contribution < 1.29 is 14.3 Å². The van der Waals surface area contributed by atoms with Gasteiger partial charge in [-0.05, 0) is 57.2 Å². The van der Waals surface area contributed by atoms with Gasteiger partial charge in [-0.25, -0.2) is 4.68 Å². The molecule has 7 nitrogen and oxygen atoms in total. The Hall–Kier alpha value is -3.61. The zero-order chi connectivity index (χ0) is 21.3. The fourth-order valence-corrected chi connectivity index (χ4v) is 3.49.